The van der Waals surface area contributed by atoms with Crippen molar-refractivity contribution in [3.05, 3.63) is 54.1 Å². The SMILES string of the molecule is C[C@@H]1CN([C@H](C)CO)C(=O)Cc2cc(NC(=O)C3CCCCC3)ccc2O[C@H]1CN(C)S(=O)(=O)c1ccccc1. The molecule has 40 heavy (non-hydrogen) atoms. The van der Waals surface area contributed by atoms with E-state index in [1.54, 1.807) is 60.4 Å². The number of anilines is 1. The molecule has 9 nitrogen and oxygen atoms in total. The van der Waals surface area contributed by atoms with Crippen LogP contribution in [0.25, 0.3) is 0 Å². The Labute approximate surface area is 237 Å². The van der Waals surface area contributed by atoms with Crippen molar-refractivity contribution >= 4 is 27.5 Å². The fourth-order valence-electron chi connectivity index (χ4n) is 5.46. The van der Waals surface area contributed by atoms with Gasteiger partial charge in [-0.1, -0.05) is 44.4 Å². The first kappa shape index (κ1) is 30.0. The topological polar surface area (TPSA) is 116 Å². The average Bonchev–Trinajstić information content (AvgIpc) is 3.01. The minimum Gasteiger partial charge on any atom is -0.488 e. The number of nitrogens with zero attached hydrogens (tertiary/aromatic N) is 2. The van der Waals surface area contributed by atoms with Gasteiger partial charge in [-0.2, -0.15) is 4.31 Å². The van der Waals surface area contributed by atoms with Crippen molar-refractivity contribution in [2.75, 3.05) is 32.1 Å². The number of aliphatic hydroxyl groups excluding tert-OH is 1. The predicted molar refractivity (Wildman–Crippen MR) is 153 cm³/mol. The van der Waals surface area contributed by atoms with Gasteiger partial charge in [0.1, 0.15) is 11.9 Å². The Bertz CT molecular complexity index is 1280. The number of carbonyl (C=O) groups is 2. The van der Waals surface area contributed by atoms with E-state index in [4.69, 9.17) is 4.74 Å². The monoisotopic (exact) mass is 571 g/mol. The van der Waals surface area contributed by atoms with Crippen molar-refractivity contribution in [2.24, 2.45) is 11.8 Å². The number of rotatable bonds is 8. The van der Waals surface area contributed by atoms with Gasteiger partial charge in [0, 0.05) is 36.7 Å². The Morgan fingerprint density at radius 3 is 2.52 bits per heavy atom. The Kier molecular flexibility index (Phi) is 9.86. The molecule has 0 unspecified atom stereocenters. The molecule has 10 heteroatoms. The molecule has 1 aliphatic heterocycles. The molecule has 0 aromatic heterocycles. The minimum atomic E-state index is -3.76. The summed E-state index contributed by atoms with van der Waals surface area (Å²) in [6.45, 7) is 3.86. The molecule has 1 heterocycles. The summed E-state index contributed by atoms with van der Waals surface area (Å²) < 4.78 is 34.3. The van der Waals surface area contributed by atoms with Crippen LogP contribution < -0.4 is 10.1 Å². The standard InChI is InChI=1S/C30H41N3O6S/c1-21-18-33(22(2)20-34)29(35)17-24-16-25(31-30(36)23-10-6-4-7-11-23)14-15-27(24)39-28(21)19-32(3)40(37,38)26-12-8-5-9-13-26/h5,8-9,12-16,21-23,28,34H,4,6-7,10-11,17-20H2,1-3H3,(H,31,36)/t21-,22-,28+/m1/s1. The first-order chi connectivity index (χ1) is 19.1. The maximum Gasteiger partial charge on any atom is 0.242 e. The van der Waals surface area contributed by atoms with Gasteiger partial charge in [-0.3, -0.25) is 9.59 Å². The third-order valence-electron chi connectivity index (χ3n) is 8.05. The summed E-state index contributed by atoms with van der Waals surface area (Å²) in [5.74, 6) is 0.0441. The maximum absolute atomic E-state index is 13.4. The van der Waals surface area contributed by atoms with E-state index in [-0.39, 0.29) is 48.1 Å². The van der Waals surface area contributed by atoms with E-state index >= 15 is 0 Å². The quantitative estimate of drug-likeness (QED) is 0.500. The third kappa shape index (κ3) is 7.03. The number of sulfonamides is 1. The van der Waals surface area contributed by atoms with E-state index in [2.05, 4.69) is 5.32 Å². The molecule has 3 atom stereocenters. The molecule has 2 aromatic carbocycles. The molecule has 0 bridgehead atoms. The highest BCUT2D eigenvalue weighted by Crippen LogP contribution is 2.31. The van der Waals surface area contributed by atoms with Crippen LogP contribution in [0.5, 0.6) is 5.75 Å². The highest BCUT2D eigenvalue weighted by Gasteiger charge is 2.33. The predicted octanol–water partition coefficient (Wildman–Crippen LogP) is 3.68. The first-order valence-electron chi connectivity index (χ1n) is 14.1. The Hall–Kier alpha value is -2.95. The summed E-state index contributed by atoms with van der Waals surface area (Å²) in [7, 11) is -2.24. The molecule has 1 fully saturated rings. The van der Waals surface area contributed by atoms with E-state index in [9.17, 15) is 23.1 Å². The van der Waals surface area contributed by atoms with E-state index in [1.807, 2.05) is 6.92 Å². The minimum absolute atomic E-state index is 0.00920. The zero-order chi connectivity index (χ0) is 28.9. The molecular formula is C30H41N3O6S. The lowest BCUT2D eigenvalue weighted by molar-refractivity contribution is -0.134. The second-order valence-corrected chi connectivity index (χ2v) is 13.2. The van der Waals surface area contributed by atoms with Crippen LogP contribution in [0, 0.1) is 11.8 Å². The number of benzene rings is 2. The number of ether oxygens (including phenoxy) is 1. The molecule has 1 saturated carbocycles. The van der Waals surface area contributed by atoms with Gasteiger partial charge in [0.05, 0.1) is 30.5 Å². The molecule has 0 spiro atoms. The Balaban J connectivity index is 1.62. The molecule has 0 radical (unpaired) electrons. The zero-order valence-electron chi connectivity index (χ0n) is 23.6. The van der Waals surface area contributed by atoms with Gasteiger partial charge in [0.2, 0.25) is 21.8 Å². The normalized spacial score (nSPS) is 21.5. The van der Waals surface area contributed by atoms with Crippen LogP contribution in [0.3, 0.4) is 0 Å². The third-order valence-corrected chi connectivity index (χ3v) is 9.89. The zero-order valence-corrected chi connectivity index (χ0v) is 24.4. The van der Waals surface area contributed by atoms with Crippen molar-refractivity contribution in [2.45, 2.75) is 69.4 Å². The maximum atomic E-state index is 13.4. The van der Waals surface area contributed by atoms with Crippen molar-refractivity contribution in [1.29, 1.82) is 0 Å². The van der Waals surface area contributed by atoms with Crippen LogP contribution in [-0.2, 0) is 26.0 Å². The van der Waals surface area contributed by atoms with E-state index in [0.717, 1.165) is 32.1 Å². The van der Waals surface area contributed by atoms with Gasteiger partial charge in [-0.15, -0.1) is 0 Å². The van der Waals surface area contributed by atoms with Gasteiger partial charge < -0.3 is 20.1 Å². The van der Waals surface area contributed by atoms with E-state index in [1.165, 1.54) is 11.4 Å². The second kappa shape index (κ2) is 13.1. The molecule has 1 aliphatic carbocycles. The fraction of sp³-hybridized carbons (Fsp3) is 0.533. The molecule has 2 aromatic rings. The Morgan fingerprint density at radius 2 is 1.85 bits per heavy atom. The number of nitrogens with one attached hydrogen (secondary N) is 1. The van der Waals surface area contributed by atoms with Crippen LogP contribution in [0.15, 0.2) is 53.4 Å². The molecule has 4 rings (SSSR count). The first-order valence-corrected chi connectivity index (χ1v) is 15.6. The summed E-state index contributed by atoms with van der Waals surface area (Å²) in [6.07, 6.45) is 4.48. The molecule has 218 valence electrons. The fourth-order valence-corrected chi connectivity index (χ4v) is 6.66. The van der Waals surface area contributed by atoms with Gasteiger partial charge >= 0.3 is 0 Å². The van der Waals surface area contributed by atoms with Gasteiger partial charge in [-0.05, 0) is 50.1 Å². The number of hydrogen-bond acceptors (Lipinski definition) is 6. The lowest BCUT2D eigenvalue weighted by atomic mass is 9.88. The van der Waals surface area contributed by atoms with Gasteiger partial charge in [0.15, 0.2) is 0 Å². The van der Waals surface area contributed by atoms with E-state index in [0.29, 0.717) is 23.5 Å². The molecule has 0 saturated heterocycles. The molecule has 2 amide bonds. The lowest BCUT2D eigenvalue weighted by Gasteiger charge is -2.33. The van der Waals surface area contributed by atoms with Gasteiger partial charge in [-0.25, -0.2) is 8.42 Å². The highest BCUT2D eigenvalue weighted by molar-refractivity contribution is 7.89. The van der Waals surface area contributed by atoms with E-state index < -0.39 is 22.2 Å². The molecule has 2 N–H and O–H groups in total. The lowest BCUT2D eigenvalue weighted by Crippen LogP contribution is -2.48. The van der Waals surface area contributed by atoms with Crippen molar-refractivity contribution in [3.8, 4) is 5.75 Å². The molecular weight excluding hydrogens is 530 g/mol. The summed E-state index contributed by atoms with van der Waals surface area (Å²) in [4.78, 5) is 28.2. The largest absolute Gasteiger partial charge is 0.488 e. The van der Waals surface area contributed by atoms with Crippen LogP contribution >= 0.6 is 0 Å². The number of amides is 2. The highest BCUT2D eigenvalue weighted by atomic mass is 32.2. The van der Waals surface area contributed by atoms with Crippen molar-refractivity contribution in [1.82, 2.24) is 9.21 Å². The van der Waals surface area contributed by atoms with Crippen LogP contribution in [0.1, 0.15) is 51.5 Å². The Morgan fingerprint density at radius 1 is 1.15 bits per heavy atom. The second-order valence-electron chi connectivity index (χ2n) is 11.1. The number of aliphatic hydroxyl groups is 1. The van der Waals surface area contributed by atoms with Crippen molar-refractivity contribution in [3.63, 3.8) is 0 Å². The number of fused-ring (bicyclic) bond motifs is 1. The van der Waals surface area contributed by atoms with Crippen LogP contribution in [0.4, 0.5) is 5.69 Å². The summed E-state index contributed by atoms with van der Waals surface area (Å²) in [6, 6.07) is 13.1. The van der Waals surface area contributed by atoms with Gasteiger partial charge in [0.25, 0.3) is 0 Å². The van der Waals surface area contributed by atoms with Crippen LogP contribution in [0.2, 0.25) is 0 Å². The van der Waals surface area contributed by atoms with Crippen LogP contribution in [-0.4, -0.2) is 73.4 Å². The smallest absolute Gasteiger partial charge is 0.242 e. The number of likely N-dealkylation sites (N-methyl/N-ethyl adjacent to an activating group) is 1. The number of hydrogen-bond donors (Lipinski definition) is 2. The summed E-state index contributed by atoms with van der Waals surface area (Å²) >= 11 is 0. The number of carbonyl (C=O) groups excluding carboxylic acids is 2. The summed E-state index contributed by atoms with van der Waals surface area (Å²) in [5.41, 5.74) is 1.20. The molecule has 2 aliphatic rings. The van der Waals surface area contributed by atoms with Crippen molar-refractivity contribution < 1.29 is 27.9 Å². The summed E-state index contributed by atoms with van der Waals surface area (Å²) in [5, 5.41) is 12.9. The average molecular weight is 572 g/mol.